The van der Waals surface area contributed by atoms with Crippen LogP contribution in [0.1, 0.15) is 12.8 Å². The zero-order chi connectivity index (χ0) is 12.0. The monoisotopic (exact) mass is 242 g/mol. The minimum absolute atomic E-state index is 0.0980. The highest BCUT2D eigenvalue weighted by Crippen LogP contribution is 2.20. The van der Waals surface area contributed by atoms with Gasteiger partial charge in [-0.05, 0) is 18.6 Å². The number of carbonyl (C=O) groups is 1. The highest BCUT2D eigenvalue weighted by Gasteiger charge is 2.04. The molecule has 5 heteroatoms. The molecule has 4 nitrogen and oxygen atoms in total. The molecular formula is C11H15ClN2O2. The average Bonchev–Trinajstić information content (AvgIpc) is 2.26. The number of ether oxygens (including phenoxy) is 1. The number of rotatable bonds is 5. The topological polar surface area (TPSA) is 42.4 Å². The molecule has 0 saturated carbocycles. The van der Waals surface area contributed by atoms with E-state index in [9.17, 15) is 4.79 Å². The van der Waals surface area contributed by atoms with Gasteiger partial charge in [-0.15, -0.1) is 0 Å². The van der Waals surface area contributed by atoms with Crippen molar-refractivity contribution < 1.29 is 9.53 Å². The van der Waals surface area contributed by atoms with Gasteiger partial charge in [0.05, 0.1) is 6.61 Å². The fraction of sp³-hybridized carbons (Fsp3) is 0.455. The van der Waals surface area contributed by atoms with Gasteiger partial charge in [-0.3, -0.25) is 4.79 Å². The largest absolute Gasteiger partial charge is 0.490 e. The summed E-state index contributed by atoms with van der Waals surface area (Å²) >= 11 is 5.80. The van der Waals surface area contributed by atoms with Crippen LogP contribution in [0.2, 0.25) is 5.15 Å². The summed E-state index contributed by atoms with van der Waals surface area (Å²) in [6.45, 7) is 0.463. The van der Waals surface area contributed by atoms with E-state index in [0.717, 1.165) is 0 Å². The Hall–Kier alpha value is -1.29. The van der Waals surface area contributed by atoms with Gasteiger partial charge in [0.15, 0.2) is 10.9 Å². The van der Waals surface area contributed by atoms with Gasteiger partial charge < -0.3 is 9.64 Å². The van der Waals surface area contributed by atoms with Crippen LogP contribution in [0.15, 0.2) is 18.3 Å². The summed E-state index contributed by atoms with van der Waals surface area (Å²) in [5, 5.41) is 0.349. The van der Waals surface area contributed by atoms with Crippen molar-refractivity contribution in [3.8, 4) is 5.75 Å². The maximum atomic E-state index is 11.3. The molecule has 1 aromatic heterocycles. The quantitative estimate of drug-likeness (QED) is 0.586. The summed E-state index contributed by atoms with van der Waals surface area (Å²) in [6.07, 6.45) is 2.75. The van der Waals surface area contributed by atoms with Crippen molar-refractivity contribution in [1.82, 2.24) is 9.88 Å². The molecule has 0 radical (unpaired) electrons. The molecule has 0 unspecified atom stereocenters. The molecule has 88 valence electrons. The maximum absolute atomic E-state index is 11.3. The molecule has 0 spiro atoms. The van der Waals surface area contributed by atoms with Gasteiger partial charge in [-0.1, -0.05) is 11.6 Å². The van der Waals surface area contributed by atoms with Gasteiger partial charge in [0.1, 0.15) is 0 Å². The van der Waals surface area contributed by atoms with Crippen molar-refractivity contribution in [3.63, 3.8) is 0 Å². The zero-order valence-electron chi connectivity index (χ0n) is 9.44. The van der Waals surface area contributed by atoms with E-state index in [2.05, 4.69) is 4.98 Å². The molecule has 16 heavy (non-hydrogen) atoms. The van der Waals surface area contributed by atoms with E-state index in [4.69, 9.17) is 16.3 Å². The number of hydrogen-bond donors (Lipinski definition) is 0. The average molecular weight is 243 g/mol. The lowest BCUT2D eigenvalue weighted by Crippen LogP contribution is -2.21. The van der Waals surface area contributed by atoms with Crippen LogP contribution in [0, 0.1) is 0 Å². The van der Waals surface area contributed by atoms with E-state index in [0.29, 0.717) is 30.4 Å². The predicted molar refractivity (Wildman–Crippen MR) is 62.7 cm³/mol. The number of nitrogens with zero attached hydrogens (tertiary/aromatic N) is 2. The van der Waals surface area contributed by atoms with Crippen molar-refractivity contribution >= 4 is 17.5 Å². The molecule has 0 saturated heterocycles. The lowest BCUT2D eigenvalue weighted by atomic mass is 10.3. The van der Waals surface area contributed by atoms with Crippen LogP contribution in [0.3, 0.4) is 0 Å². The third-order valence-electron chi connectivity index (χ3n) is 2.02. The first-order valence-electron chi connectivity index (χ1n) is 5.04. The highest BCUT2D eigenvalue weighted by molar-refractivity contribution is 6.30. The molecule has 1 heterocycles. The summed E-state index contributed by atoms with van der Waals surface area (Å²) in [4.78, 5) is 16.7. The first-order valence-corrected chi connectivity index (χ1v) is 5.42. The molecule has 1 amide bonds. The van der Waals surface area contributed by atoms with E-state index < -0.39 is 0 Å². The molecule has 0 aromatic carbocycles. The van der Waals surface area contributed by atoms with Crippen molar-refractivity contribution in [2.24, 2.45) is 0 Å². The Labute approximate surface area is 100 Å². The third kappa shape index (κ3) is 4.06. The third-order valence-corrected chi connectivity index (χ3v) is 2.30. The van der Waals surface area contributed by atoms with Crippen LogP contribution in [0.25, 0.3) is 0 Å². The number of hydrogen-bond acceptors (Lipinski definition) is 3. The Balaban J connectivity index is 2.26. The standard InChI is InChI=1S/C11H15ClN2O2/c1-14(2)10(15)6-4-8-16-9-5-3-7-13-11(9)12/h3,5,7H,4,6,8H2,1-2H3. The lowest BCUT2D eigenvalue weighted by molar-refractivity contribution is -0.128. The molecule has 1 aromatic rings. The van der Waals surface area contributed by atoms with E-state index in [1.807, 2.05) is 0 Å². The number of halogens is 1. The second-order valence-corrected chi connectivity index (χ2v) is 3.89. The normalized spacial score (nSPS) is 9.94. The van der Waals surface area contributed by atoms with E-state index >= 15 is 0 Å². The van der Waals surface area contributed by atoms with Crippen molar-refractivity contribution in [1.29, 1.82) is 0 Å². The van der Waals surface area contributed by atoms with Crippen LogP contribution in [-0.2, 0) is 4.79 Å². The minimum Gasteiger partial charge on any atom is -0.490 e. The second kappa shape index (κ2) is 6.33. The van der Waals surface area contributed by atoms with Gasteiger partial charge in [0.2, 0.25) is 5.91 Å². The first-order chi connectivity index (χ1) is 7.61. The molecular weight excluding hydrogens is 228 g/mol. The highest BCUT2D eigenvalue weighted by atomic mass is 35.5. The Morgan fingerprint density at radius 3 is 2.94 bits per heavy atom. The summed E-state index contributed by atoms with van der Waals surface area (Å²) in [5.41, 5.74) is 0. The van der Waals surface area contributed by atoms with Crippen molar-refractivity contribution in [2.45, 2.75) is 12.8 Å². The summed E-state index contributed by atoms with van der Waals surface area (Å²) in [6, 6.07) is 3.51. The number of aromatic nitrogens is 1. The molecule has 0 aliphatic rings. The first kappa shape index (κ1) is 12.8. The molecule has 0 N–H and O–H groups in total. The van der Waals surface area contributed by atoms with Crippen LogP contribution < -0.4 is 4.74 Å². The molecule has 1 rings (SSSR count). The summed E-state index contributed by atoms with van der Waals surface area (Å²) < 4.78 is 5.40. The van der Waals surface area contributed by atoms with Crippen LogP contribution in [0.5, 0.6) is 5.75 Å². The number of amides is 1. The number of pyridine rings is 1. The predicted octanol–water partition coefficient (Wildman–Crippen LogP) is 1.98. The van der Waals surface area contributed by atoms with Gasteiger partial charge in [-0.2, -0.15) is 0 Å². The van der Waals surface area contributed by atoms with Gasteiger partial charge in [0, 0.05) is 26.7 Å². The maximum Gasteiger partial charge on any atom is 0.222 e. The number of carbonyl (C=O) groups excluding carboxylic acids is 1. The van der Waals surface area contributed by atoms with E-state index in [1.54, 1.807) is 37.3 Å². The Bertz CT molecular complexity index is 356. The van der Waals surface area contributed by atoms with E-state index in [1.165, 1.54) is 0 Å². The summed E-state index contributed by atoms with van der Waals surface area (Å²) in [5.74, 6) is 0.655. The second-order valence-electron chi connectivity index (χ2n) is 3.53. The lowest BCUT2D eigenvalue weighted by Gasteiger charge is -2.10. The smallest absolute Gasteiger partial charge is 0.222 e. The van der Waals surface area contributed by atoms with Crippen molar-refractivity contribution in [2.75, 3.05) is 20.7 Å². The molecule has 0 aliphatic heterocycles. The van der Waals surface area contributed by atoms with Gasteiger partial charge in [-0.25, -0.2) is 4.98 Å². The Morgan fingerprint density at radius 2 is 2.31 bits per heavy atom. The molecule has 0 aliphatic carbocycles. The zero-order valence-corrected chi connectivity index (χ0v) is 10.2. The van der Waals surface area contributed by atoms with Gasteiger partial charge >= 0.3 is 0 Å². The van der Waals surface area contributed by atoms with Gasteiger partial charge in [0.25, 0.3) is 0 Å². The van der Waals surface area contributed by atoms with Crippen LogP contribution in [-0.4, -0.2) is 36.5 Å². The summed E-state index contributed by atoms with van der Waals surface area (Å²) in [7, 11) is 3.47. The SMILES string of the molecule is CN(C)C(=O)CCCOc1cccnc1Cl. The minimum atomic E-state index is 0.0980. The van der Waals surface area contributed by atoms with Crippen LogP contribution in [0.4, 0.5) is 0 Å². The Morgan fingerprint density at radius 1 is 1.56 bits per heavy atom. The van der Waals surface area contributed by atoms with Crippen LogP contribution >= 0.6 is 11.6 Å². The fourth-order valence-electron chi connectivity index (χ4n) is 1.11. The fourth-order valence-corrected chi connectivity index (χ4v) is 1.28. The molecule has 0 bridgehead atoms. The Kier molecular flexibility index (Phi) is 5.05. The van der Waals surface area contributed by atoms with Crippen molar-refractivity contribution in [3.05, 3.63) is 23.5 Å². The molecule has 0 atom stereocenters. The molecule has 0 fully saturated rings. The van der Waals surface area contributed by atoms with E-state index in [-0.39, 0.29) is 5.91 Å².